The molecule has 1 aliphatic heterocycles. The molecule has 4 nitrogen and oxygen atoms in total. The van der Waals surface area contributed by atoms with E-state index in [2.05, 4.69) is 24.1 Å². The number of rotatable bonds is 6. The molecule has 0 saturated carbocycles. The fourth-order valence-electron chi connectivity index (χ4n) is 2.96. The molecule has 1 atom stereocenters. The Morgan fingerprint density at radius 3 is 2.81 bits per heavy atom. The standard InChI is InChI=1S/C17H27N3O/c1-12(2)20-7-6-14(11-20)9-19-10-16-5-4-15(17(18)21)8-13(16)3/h4-5,8,12,14,19H,6-7,9-11H2,1-3H3,(H2,18,21). The molecule has 1 saturated heterocycles. The van der Waals surface area contributed by atoms with Crippen molar-refractivity contribution in [1.29, 1.82) is 0 Å². The minimum Gasteiger partial charge on any atom is -0.366 e. The van der Waals surface area contributed by atoms with Crippen LogP contribution in [0, 0.1) is 12.8 Å². The second-order valence-corrected chi connectivity index (χ2v) is 6.38. The third-order valence-electron chi connectivity index (χ3n) is 4.42. The highest BCUT2D eigenvalue weighted by Crippen LogP contribution is 2.18. The van der Waals surface area contributed by atoms with Crippen molar-refractivity contribution in [2.24, 2.45) is 11.7 Å². The Balaban J connectivity index is 1.80. The number of nitrogens with zero attached hydrogens (tertiary/aromatic N) is 1. The third kappa shape index (κ3) is 4.29. The Kier molecular flexibility index (Phi) is 5.37. The number of likely N-dealkylation sites (tertiary alicyclic amines) is 1. The predicted octanol–water partition coefficient (Wildman–Crippen LogP) is 1.91. The number of aryl methyl sites for hydroxylation is 1. The molecule has 0 aromatic heterocycles. The lowest BCUT2D eigenvalue weighted by atomic mass is 10.0. The van der Waals surface area contributed by atoms with Crippen LogP contribution in [-0.2, 0) is 6.54 Å². The van der Waals surface area contributed by atoms with Crippen LogP contribution in [0.25, 0.3) is 0 Å². The third-order valence-corrected chi connectivity index (χ3v) is 4.42. The van der Waals surface area contributed by atoms with Gasteiger partial charge in [-0.2, -0.15) is 0 Å². The molecule has 1 unspecified atom stereocenters. The fourth-order valence-corrected chi connectivity index (χ4v) is 2.96. The van der Waals surface area contributed by atoms with Crippen LogP contribution in [0.2, 0.25) is 0 Å². The molecule has 1 aliphatic rings. The van der Waals surface area contributed by atoms with Gasteiger partial charge in [-0.25, -0.2) is 0 Å². The van der Waals surface area contributed by atoms with Gasteiger partial charge in [0.25, 0.3) is 0 Å². The van der Waals surface area contributed by atoms with Gasteiger partial charge in [-0.3, -0.25) is 4.79 Å². The molecule has 1 amide bonds. The number of hydrogen-bond donors (Lipinski definition) is 2. The molecule has 1 aromatic carbocycles. The highest BCUT2D eigenvalue weighted by molar-refractivity contribution is 5.93. The summed E-state index contributed by atoms with van der Waals surface area (Å²) < 4.78 is 0. The summed E-state index contributed by atoms with van der Waals surface area (Å²) in [5.41, 5.74) is 8.23. The van der Waals surface area contributed by atoms with Crippen LogP contribution in [0.1, 0.15) is 41.8 Å². The SMILES string of the molecule is Cc1cc(C(N)=O)ccc1CNCC1CCN(C(C)C)C1. The van der Waals surface area contributed by atoms with Crippen molar-refractivity contribution in [1.82, 2.24) is 10.2 Å². The van der Waals surface area contributed by atoms with E-state index in [1.54, 1.807) is 0 Å². The summed E-state index contributed by atoms with van der Waals surface area (Å²) in [5.74, 6) is 0.384. The van der Waals surface area contributed by atoms with Crippen LogP contribution in [0.3, 0.4) is 0 Å². The van der Waals surface area contributed by atoms with E-state index in [1.165, 1.54) is 25.1 Å². The zero-order valence-electron chi connectivity index (χ0n) is 13.4. The molecular weight excluding hydrogens is 262 g/mol. The van der Waals surface area contributed by atoms with Crippen LogP contribution in [0.4, 0.5) is 0 Å². The van der Waals surface area contributed by atoms with Gasteiger partial charge >= 0.3 is 0 Å². The Morgan fingerprint density at radius 2 is 2.24 bits per heavy atom. The monoisotopic (exact) mass is 289 g/mol. The van der Waals surface area contributed by atoms with Gasteiger partial charge in [0.15, 0.2) is 0 Å². The Bertz CT molecular complexity index is 499. The van der Waals surface area contributed by atoms with E-state index < -0.39 is 0 Å². The van der Waals surface area contributed by atoms with E-state index >= 15 is 0 Å². The molecular formula is C17H27N3O. The van der Waals surface area contributed by atoms with Crippen LogP contribution < -0.4 is 11.1 Å². The lowest BCUT2D eigenvalue weighted by Crippen LogP contribution is -2.30. The lowest BCUT2D eigenvalue weighted by molar-refractivity contribution is 0.1000. The van der Waals surface area contributed by atoms with Crippen LogP contribution in [-0.4, -0.2) is 36.5 Å². The number of carbonyl (C=O) groups is 1. The zero-order chi connectivity index (χ0) is 15.4. The summed E-state index contributed by atoms with van der Waals surface area (Å²) in [6, 6.07) is 6.33. The summed E-state index contributed by atoms with van der Waals surface area (Å²) in [6.45, 7) is 10.9. The highest BCUT2D eigenvalue weighted by Gasteiger charge is 2.23. The number of nitrogens with two attached hydrogens (primary N) is 1. The Labute approximate surface area is 127 Å². The maximum atomic E-state index is 11.1. The molecule has 1 aromatic rings. The number of amides is 1. The van der Waals surface area contributed by atoms with E-state index in [9.17, 15) is 4.79 Å². The quantitative estimate of drug-likeness (QED) is 0.841. The van der Waals surface area contributed by atoms with Crippen LogP contribution in [0.15, 0.2) is 18.2 Å². The van der Waals surface area contributed by atoms with Crippen LogP contribution >= 0.6 is 0 Å². The highest BCUT2D eigenvalue weighted by atomic mass is 16.1. The summed E-state index contributed by atoms with van der Waals surface area (Å²) in [5, 5.41) is 3.55. The number of carbonyl (C=O) groups excluding carboxylic acids is 1. The van der Waals surface area contributed by atoms with Gasteiger partial charge in [-0.15, -0.1) is 0 Å². The molecule has 116 valence electrons. The average molecular weight is 289 g/mol. The smallest absolute Gasteiger partial charge is 0.248 e. The molecule has 1 heterocycles. The average Bonchev–Trinajstić information content (AvgIpc) is 2.89. The van der Waals surface area contributed by atoms with Crippen molar-refractivity contribution < 1.29 is 4.79 Å². The summed E-state index contributed by atoms with van der Waals surface area (Å²) in [4.78, 5) is 13.7. The molecule has 1 fully saturated rings. The second kappa shape index (κ2) is 7.05. The maximum Gasteiger partial charge on any atom is 0.248 e. The van der Waals surface area contributed by atoms with Gasteiger partial charge in [0, 0.05) is 24.7 Å². The molecule has 2 rings (SSSR count). The Morgan fingerprint density at radius 1 is 1.48 bits per heavy atom. The molecule has 4 heteroatoms. The molecule has 0 bridgehead atoms. The normalized spacial score (nSPS) is 19.3. The van der Waals surface area contributed by atoms with Crippen molar-refractivity contribution in [3.8, 4) is 0 Å². The second-order valence-electron chi connectivity index (χ2n) is 6.38. The molecule has 0 spiro atoms. The minimum absolute atomic E-state index is 0.364. The van der Waals surface area contributed by atoms with Crippen molar-refractivity contribution in [3.05, 3.63) is 34.9 Å². The van der Waals surface area contributed by atoms with E-state index in [4.69, 9.17) is 5.73 Å². The molecule has 0 aliphatic carbocycles. The molecule has 21 heavy (non-hydrogen) atoms. The van der Waals surface area contributed by atoms with Gasteiger partial charge in [0.1, 0.15) is 0 Å². The van der Waals surface area contributed by atoms with E-state index in [-0.39, 0.29) is 5.91 Å². The van der Waals surface area contributed by atoms with Crippen molar-refractivity contribution in [2.45, 2.75) is 39.8 Å². The van der Waals surface area contributed by atoms with Crippen molar-refractivity contribution in [2.75, 3.05) is 19.6 Å². The lowest BCUT2D eigenvalue weighted by Gasteiger charge is -2.20. The van der Waals surface area contributed by atoms with Crippen molar-refractivity contribution in [3.63, 3.8) is 0 Å². The van der Waals surface area contributed by atoms with Gasteiger partial charge in [0.05, 0.1) is 0 Å². The Hall–Kier alpha value is -1.39. The van der Waals surface area contributed by atoms with Gasteiger partial charge < -0.3 is 16.0 Å². The van der Waals surface area contributed by atoms with Crippen molar-refractivity contribution >= 4 is 5.91 Å². The fraction of sp³-hybridized carbons (Fsp3) is 0.588. The first-order chi connectivity index (χ1) is 9.97. The summed E-state index contributed by atoms with van der Waals surface area (Å²) in [6.07, 6.45) is 1.28. The van der Waals surface area contributed by atoms with E-state index in [1.807, 2.05) is 25.1 Å². The summed E-state index contributed by atoms with van der Waals surface area (Å²) >= 11 is 0. The predicted molar refractivity (Wildman–Crippen MR) is 86.2 cm³/mol. The topological polar surface area (TPSA) is 58.4 Å². The number of primary amides is 1. The first kappa shape index (κ1) is 16.0. The van der Waals surface area contributed by atoms with Gasteiger partial charge in [-0.1, -0.05) is 6.07 Å². The number of benzene rings is 1. The zero-order valence-corrected chi connectivity index (χ0v) is 13.4. The van der Waals surface area contributed by atoms with Gasteiger partial charge in [-0.05, 0) is 69.5 Å². The molecule has 3 N–H and O–H groups in total. The summed E-state index contributed by atoms with van der Waals surface area (Å²) in [7, 11) is 0. The largest absolute Gasteiger partial charge is 0.366 e. The van der Waals surface area contributed by atoms with Crippen LogP contribution in [0.5, 0.6) is 0 Å². The maximum absolute atomic E-state index is 11.1. The number of hydrogen-bond acceptors (Lipinski definition) is 3. The van der Waals surface area contributed by atoms with E-state index in [0.717, 1.165) is 24.6 Å². The van der Waals surface area contributed by atoms with Gasteiger partial charge in [0.2, 0.25) is 5.91 Å². The first-order valence-electron chi connectivity index (χ1n) is 7.81. The molecule has 0 radical (unpaired) electrons. The number of nitrogens with one attached hydrogen (secondary N) is 1. The van der Waals surface area contributed by atoms with E-state index in [0.29, 0.717) is 11.6 Å². The minimum atomic E-state index is -0.364. The first-order valence-corrected chi connectivity index (χ1v) is 7.81.